The van der Waals surface area contributed by atoms with Crippen LogP contribution in [-0.2, 0) is 11.0 Å². The van der Waals surface area contributed by atoms with Crippen molar-refractivity contribution in [3.05, 3.63) is 144 Å². The fourth-order valence-corrected chi connectivity index (χ4v) is 8.49. The summed E-state index contributed by atoms with van der Waals surface area (Å²) in [4.78, 5) is 0. The molecule has 2 unspecified atom stereocenters. The summed E-state index contributed by atoms with van der Waals surface area (Å²) in [7, 11) is 0. The van der Waals surface area contributed by atoms with Gasteiger partial charge in [-0.2, -0.15) is 13.7 Å². The van der Waals surface area contributed by atoms with Crippen molar-refractivity contribution in [3.8, 4) is 28.3 Å². The predicted molar refractivity (Wildman–Crippen MR) is 196 cm³/mol. The summed E-state index contributed by atoms with van der Waals surface area (Å²) in [6, 6.07) is 42.3. The molecule has 3 heterocycles. The van der Waals surface area contributed by atoms with Crippen LogP contribution in [0.3, 0.4) is 0 Å². The molecule has 2 atom stereocenters. The lowest BCUT2D eigenvalue weighted by Crippen LogP contribution is -2.68. The summed E-state index contributed by atoms with van der Waals surface area (Å²) in [5, 5.41) is 0. The van der Waals surface area contributed by atoms with Crippen molar-refractivity contribution in [3.63, 3.8) is 0 Å². The van der Waals surface area contributed by atoms with Crippen molar-refractivity contribution in [2.24, 2.45) is 0 Å². The molecule has 3 nitrogen and oxygen atoms in total. The third kappa shape index (κ3) is 4.70. The highest BCUT2D eigenvalue weighted by Gasteiger charge is 2.58. The Kier molecular flexibility index (Phi) is 7.96. The van der Waals surface area contributed by atoms with Crippen molar-refractivity contribution in [2.45, 2.75) is 77.7 Å². The molecule has 0 radical (unpaired) electrons. The molecule has 6 aromatic rings. The molecule has 7 rings (SSSR count). The predicted octanol–water partition coefficient (Wildman–Crippen LogP) is 10.3. The van der Waals surface area contributed by atoms with Crippen LogP contribution in [-0.4, -0.2) is 4.57 Å². The molecule has 2 aromatic heterocycles. The highest BCUT2D eigenvalue weighted by atomic mass is 15.2. The minimum absolute atomic E-state index is 0.0835. The summed E-state index contributed by atoms with van der Waals surface area (Å²) < 4.78 is 7.50. The first-order valence-corrected chi connectivity index (χ1v) is 17.3. The molecule has 236 valence electrons. The molecular weight excluding hydrogens is 571 g/mol. The van der Waals surface area contributed by atoms with Crippen molar-refractivity contribution < 1.29 is 9.13 Å². The molecule has 0 spiro atoms. The quantitative estimate of drug-likeness (QED) is 0.151. The van der Waals surface area contributed by atoms with Crippen LogP contribution in [0.25, 0.3) is 45.6 Å². The van der Waals surface area contributed by atoms with Crippen molar-refractivity contribution in [1.82, 2.24) is 4.57 Å². The van der Waals surface area contributed by atoms with Gasteiger partial charge in [-0.25, -0.2) is 0 Å². The number of aryl methyl sites for hydroxylation is 1. The van der Waals surface area contributed by atoms with Gasteiger partial charge in [-0.05, 0) is 79.3 Å². The number of rotatable bonds is 8. The van der Waals surface area contributed by atoms with Crippen molar-refractivity contribution in [2.75, 3.05) is 0 Å². The zero-order valence-electron chi connectivity index (χ0n) is 28.7. The first kappa shape index (κ1) is 30.9. The Morgan fingerprint density at radius 1 is 0.745 bits per heavy atom. The van der Waals surface area contributed by atoms with Gasteiger partial charge in [-0.1, -0.05) is 94.4 Å². The van der Waals surface area contributed by atoms with E-state index in [2.05, 4.69) is 189 Å². The van der Waals surface area contributed by atoms with Crippen LogP contribution in [0.2, 0.25) is 0 Å². The topological polar surface area (TPSA) is 12.7 Å². The van der Waals surface area contributed by atoms with E-state index >= 15 is 0 Å². The number of hydrogen-bond acceptors (Lipinski definition) is 0. The lowest BCUT2D eigenvalue weighted by Gasteiger charge is -2.47. The Bertz CT molecular complexity index is 2110. The van der Waals surface area contributed by atoms with E-state index in [4.69, 9.17) is 0 Å². The molecule has 0 N–H and O–H groups in total. The number of allylic oxidation sites excluding steroid dienone is 1. The minimum atomic E-state index is -0.0925. The molecule has 0 amide bonds. The average molecular weight is 618 g/mol. The molecule has 0 saturated carbocycles. The number of benzene rings is 4. The van der Waals surface area contributed by atoms with Gasteiger partial charge >= 0.3 is 0 Å². The summed E-state index contributed by atoms with van der Waals surface area (Å²) >= 11 is 0. The van der Waals surface area contributed by atoms with Gasteiger partial charge in [0, 0.05) is 31.0 Å². The minimum Gasteiger partial charge on any atom is -0.195 e. The van der Waals surface area contributed by atoms with Crippen LogP contribution in [0.5, 0.6) is 0 Å². The molecule has 0 bridgehead atoms. The average Bonchev–Trinajstić information content (AvgIpc) is 3.43. The summed E-state index contributed by atoms with van der Waals surface area (Å²) in [5.74, 6) is 1.57. The second-order valence-electron chi connectivity index (χ2n) is 13.7. The zero-order valence-corrected chi connectivity index (χ0v) is 28.7. The van der Waals surface area contributed by atoms with E-state index in [1.165, 1.54) is 56.1 Å². The maximum atomic E-state index is 2.56. The third-order valence-corrected chi connectivity index (χ3v) is 11.2. The van der Waals surface area contributed by atoms with E-state index in [0.29, 0.717) is 5.92 Å². The van der Waals surface area contributed by atoms with Gasteiger partial charge < -0.3 is 0 Å². The van der Waals surface area contributed by atoms with Crippen molar-refractivity contribution in [1.29, 1.82) is 0 Å². The monoisotopic (exact) mass is 617 g/mol. The molecular formula is C44H47N3+2. The SMILES string of the molecule is CCC1(CC=C[n+]2c(-c3ccccc3C)n(-c3ccccc3C(C)C)c3ccccc32)c2ccccc2-c2cccc[n+]2C1(C)CC. The number of imidazole rings is 1. The standard InChI is InChI=1S/C44H47N3/c1-7-43(6)44(8-2,37-24-13-11-23-36(37)38-25-17-18-31-46(38)43)29-19-30-45-40-27-15-16-28-41(40)47(39-26-14-12-21-34(39)32(3)4)42(45)35-22-10-9-20-33(35)5/h9-28,30-32H,7-8,29H2,1-6H3/q+2. The molecule has 0 aliphatic carbocycles. The maximum Gasteiger partial charge on any atom is 0.300 e. The molecule has 0 saturated heterocycles. The van der Waals surface area contributed by atoms with Crippen molar-refractivity contribution >= 4 is 17.2 Å². The molecule has 1 aliphatic rings. The van der Waals surface area contributed by atoms with Gasteiger partial charge in [-0.3, -0.25) is 0 Å². The van der Waals surface area contributed by atoms with Gasteiger partial charge in [0.15, 0.2) is 22.8 Å². The number of para-hydroxylation sites is 3. The number of nitrogens with zero attached hydrogens (tertiary/aromatic N) is 3. The summed E-state index contributed by atoms with van der Waals surface area (Å²) in [6.45, 7) is 14.0. The maximum absolute atomic E-state index is 2.56. The molecule has 3 heteroatoms. The molecule has 4 aromatic carbocycles. The fourth-order valence-electron chi connectivity index (χ4n) is 8.49. The summed E-state index contributed by atoms with van der Waals surface area (Å²) in [6.07, 6.45) is 10.1. The first-order chi connectivity index (χ1) is 22.9. The van der Waals surface area contributed by atoms with Crippen LogP contribution < -0.4 is 9.13 Å². The van der Waals surface area contributed by atoms with Gasteiger partial charge in [0.25, 0.3) is 5.82 Å². The van der Waals surface area contributed by atoms with Gasteiger partial charge in [0.05, 0.1) is 22.7 Å². The highest BCUT2D eigenvalue weighted by Crippen LogP contribution is 2.51. The van der Waals surface area contributed by atoms with E-state index in [-0.39, 0.29) is 11.0 Å². The second kappa shape index (κ2) is 12.1. The first-order valence-electron chi connectivity index (χ1n) is 17.3. The largest absolute Gasteiger partial charge is 0.300 e. The number of aromatic nitrogens is 3. The number of hydrogen-bond donors (Lipinski definition) is 0. The van der Waals surface area contributed by atoms with E-state index in [1.54, 1.807) is 0 Å². The Labute approximate surface area is 280 Å². The zero-order chi connectivity index (χ0) is 32.8. The smallest absolute Gasteiger partial charge is 0.195 e. The van der Waals surface area contributed by atoms with Gasteiger partial charge in [-0.15, -0.1) is 0 Å². The second-order valence-corrected chi connectivity index (χ2v) is 13.7. The van der Waals surface area contributed by atoms with Crippen LogP contribution >= 0.6 is 0 Å². The van der Waals surface area contributed by atoms with E-state index in [1.807, 2.05) is 0 Å². The Balaban J connectivity index is 1.46. The van der Waals surface area contributed by atoms with Crippen LogP contribution in [0.1, 0.15) is 76.5 Å². The van der Waals surface area contributed by atoms with Gasteiger partial charge in [0.1, 0.15) is 5.69 Å². The Hall–Kier alpha value is -4.76. The summed E-state index contributed by atoms with van der Waals surface area (Å²) in [5.41, 5.74) is 11.4. The van der Waals surface area contributed by atoms with E-state index in [9.17, 15) is 0 Å². The van der Waals surface area contributed by atoms with Crippen LogP contribution in [0.15, 0.2) is 128 Å². The lowest BCUT2D eigenvalue weighted by atomic mass is 9.58. The van der Waals surface area contributed by atoms with Crippen LogP contribution in [0.4, 0.5) is 0 Å². The van der Waals surface area contributed by atoms with E-state index in [0.717, 1.165) is 19.3 Å². The van der Waals surface area contributed by atoms with E-state index < -0.39 is 0 Å². The van der Waals surface area contributed by atoms with Crippen LogP contribution in [0, 0.1) is 6.92 Å². The Morgan fingerprint density at radius 2 is 1.43 bits per heavy atom. The molecule has 0 fully saturated rings. The third-order valence-electron chi connectivity index (χ3n) is 11.2. The number of fused-ring (bicyclic) bond motifs is 4. The fraction of sp³-hybridized carbons (Fsp3) is 0.273. The highest BCUT2D eigenvalue weighted by molar-refractivity contribution is 5.81. The Morgan fingerprint density at radius 3 is 2.19 bits per heavy atom. The molecule has 1 aliphatic heterocycles. The number of pyridine rings is 1. The molecule has 47 heavy (non-hydrogen) atoms. The lowest BCUT2D eigenvalue weighted by molar-refractivity contribution is -0.765. The van der Waals surface area contributed by atoms with Gasteiger partial charge in [0.2, 0.25) is 5.69 Å². The normalized spacial score (nSPS) is 19.0.